The zero-order valence-electron chi connectivity index (χ0n) is 16.3. The van der Waals surface area contributed by atoms with Crippen LogP contribution in [0, 0.1) is 0 Å². The number of aromatic nitrogens is 1. The third-order valence-electron chi connectivity index (χ3n) is 4.51. The van der Waals surface area contributed by atoms with Crippen molar-refractivity contribution in [1.29, 1.82) is 0 Å². The van der Waals surface area contributed by atoms with Gasteiger partial charge < -0.3 is 18.8 Å². The molecule has 1 amide bonds. The van der Waals surface area contributed by atoms with Crippen molar-refractivity contribution in [2.45, 2.75) is 12.8 Å². The minimum absolute atomic E-state index is 0.00612. The van der Waals surface area contributed by atoms with Gasteiger partial charge in [-0.05, 0) is 36.2 Å². The number of methoxy groups -OCH3 is 2. The number of amides is 1. The summed E-state index contributed by atoms with van der Waals surface area (Å²) >= 11 is 0. The third-order valence-corrected chi connectivity index (χ3v) is 4.51. The van der Waals surface area contributed by atoms with Gasteiger partial charge in [0.1, 0.15) is 6.26 Å². The average molecular weight is 380 g/mol. The highest BCUT2D eigenvalue weighted by molar-refractivity contribution is 5.78. The average Bonchev–Trinajstić information content (AvgIpc) is 3.20. The second-order valence-electron chi connectivity index (χ2n) is 6.44. The molecule has 0 fully saturated rings. The number of benzene rings is 2. The standard InChI is InChI=1S/C22H24N2O4/c1-24(12-11-16-9-10-19(26-2)20(13-16)27-3)21(25)14-18-15-28-22(23-18)17-7-5-4-6-8-17/h4-10,13,15H,11-12,14H2,1-3H3. The van der Waals surface area contributed by atoms with Crippen LogP contribution in [-0.4, -0.2) is 43.6 Å². The summed E-state index contributed by atoms with van der Waals surface area (Å²) in [6.45, 7) is 0.595. The number of carbonyl (C=O) groups is 1. The zero-order valence-corrected chi connectivity index (χ0v) is 16.3. The quantitative estimate of drug-likeness (QED) is 0.597. The molecule has 1 aromatic heterocycles. The third kappa shape index (κ3) is 4.71. The molecule has 6 heteroatoms. The van der Waals surface area contributed by atoms with Crippen LogP contribution in [0.1, 0.15) is 11.3 Å². The van der Waals surface area contributed by atoms with Crippen molar-refractivity contribution in [3.05, 3.63) is 66.1 Å². The summed E-state index contributed by atoms with van der Waals surface area (Å²) < 4.78 is 16.1. The summed E-state index contributed by atoms with van der Waals surface area (Å²) in [6.07, 6.45) is 2.47. The number of hydrogen-bond donors (Lipinski definition) is 0. The number of hydrogen-bond acceptors (Lipinski definition) is 5. The molecule has 0 saturated carbocycles. The summed E-state index contributed by atoms with van der Waals surface area (Å²) in [6, 6.07) is 15.4. The Labute approximate surface area is 164 Å². The molecule has 0 aliphatic carbocycles. The van der Waals surface area contributed by atoms with E-state index < -0.39 is 0 Å². The Hall–Kier alpha value is -3.28. The van der Waals surface area contributed by atoms with Crippen molar-refractivity contribution in [3.8, 4) is 23.0 Å². The van der Waals surface area contributed by atoms with E-state index in [1.54, 1.807) is 32.4 Å². The number of likely N-dealkylation sites (N-methyl/N-ethyl adjacent to an activating group) is 1. The van der Waals surface area contributed by atoms with Gasteiger partial charge in [-0.2, -0.15) is 0 Å². The Morgan fingerprint density at radius 3 is 2.54 bits per heavy atom. The first kappa shape index (κ1) is 19.5. The molecule has 0 N–H and O–H groups in total. The summed E-state index contributed by atoms with van der Waals surface area (Å²) in [4.78, 5) is 18.6. The first-order valence-corrected chi connectivity index (χ1v) is 9.05. The van der Waals surface area contributed by atoms with Crippen LogP contribution in [0.2, 0.25) is 0 Å². The van der Waals surface area contributed by atoms with Crippen LogP contribution in [0.25, 0.3) is 11.5 Å². The van der Waals surface area contributed by atoms with Crippen LogP contribution in [-0.2, 0) is 17.6 Å². The minimum Gasteiger partial charge on any atom is -0.493 e. The Balaban J connectivity index is 1.56. The number of carbonyl (C=O) groups excluding carboxylic acids is 1. The highest BCUT2D eigenvalue weighted by Gasteiger charge is 2.14. The van der Waals surface area contributed by atoms with E-state index in [0.717, 1.165) is 17.5 Å². The molecule has 0 atom stereocenters. The molecule has 0 spiro atoms. The largest absolute Gasteiger partial charge is 0.493 e. The monoisotopic (exact) mass is 380 g/mol. The fourth-order valence-electron chi connectivity index (χ4n) is 2.85. The molecule has 6 nitrogen and oxygen atoms in total. The van der Waals surface area contributed by atoms with Gasteiger partial charge in [-0.15, -0.1) is 0 Å². The van der Waals surface area contributed by atoms with Gasteiger partial charge in [0.15, 0.2) is 11.5 Å². The Morgan fingerprint density at radius 1 is 1.07 bits per heavy atom. The van der Waals surface area contributed by atoms with E-state index in [4.69, 9.17) is 13.9 Å². The Morgan fingerprint density at radius 2 is 1.82 bits per heavy atom. The van der Waals surface area contributed by atoms with E-state index in [1.807, 2.05) is 48.5 Å². The van der Waals surface area contributed by atoms with Crippen molar-refractivity contribution in [2.24, 2.45) is 0 Å². The van der Waals surface area contributed by atoms with Crippen LogP contribution in [0.5, 0.6) is 11.5 Å². The predicted molar refractivity (Wildman–Crippen MR) is 107 cm³/mol. The smallest absolute Gasteiger partial charge is 0.228 e. The number of ether oxygens (including phenoxy) is 2. The normalized spacial score (nSPS) is 10.5. The molecule has 2 aromatic carbocycles. The summed E-state index contributed by atoms with van der Waals surface area (Å²) in [5.74, 6) is 1.89. The van der Waals surface area contributed by atoms with Crippen molar-refractivity contribution in [1.82, 2.24) is 9.88 Å². The second kappa shape index (κ2) is 9.08. The van der Waals surface area contributed by atoms with Crippen molar-refractivity contribution < 1.29 is 18.7 Å². The molecule has 3 aromatic rings. The van der Waals surface area contributed by atoms with E-state index in [0.29, 0.717) is 29.6 Å². The van der Waals surface area contributed by atoms with E-state index in [1.165, 1.54) is 0 Å². The lowest BCUT2D eigenvalue weighted by molar-refractivity contribution is -0.129. The summed E-state index contributed by atoms with van der Waals surface area (Å²) in [5.41, 5.74) is 2.59. The molecule has 1 heterocycles. The van der Waals surface area contributed by atoms with Crippen LogP contribution in [0.15, 0.2) is 59.2 Å². The maximum atomic E-state index is 12.5. The van der Waals surface area contributed by atoms with Gasteiger partial charge in [0.25, 0.3) is 0 Å². The lowest BCUT2D eigenvalue weighted by atomic mass is 10.1. The van der Waals surface area contributed by atoms with E-state index >= 15 is 0 Å². The van der Waals surface area contributed by atoms with Gasteiger partial charge in [-0.25, -0.2) is 4.98 Å². The Kier molecular flexibility index (Phi) is 6.32. The van der Waals surface area contributed by atoms with Crippen molar-refractivity contribution in [2.75, 3.05) is 27.8 Å². The number of oxazole rings is 1. The van der Waals surface area contributed by atoms with Crippen molar-refractivity contribution >= 4 is 5.91 Å². The van der Waals surface area contributed by atoms with Gasteiger partial charge in [0.2, 0.25) is 11.8 Å². The molecule has 0 unspecified atom stereocenters. The minimum atomic E-state index is -0.00612. The van der Waals surface area contributed by atoms with E-state index in [9.17, 15) is 4.79 Å². The summed E-state index contributed by atoms with van der Waals surface area (Å²) in [7, 11) is 5.01. The van der Waals surface area contributed by atoms with E-state index in [-0.39, 0.29) is 12.3 Å². The van der Waals surface area contributed by atoms with Crippen LogP contribution in [0.3, 0.4) is 0 Å². The van der Waals surface area contributed by atoms with Crippen molar-refractivity contribution in [3.63, 3.8) is 0 Å². The summed E-state index contributed by atoms with van der Waals surface area (Å²) in [5, 5.41) is 0. The molecule has 3 rings (SSSR count). The molecule has 0 bridgehead atoms. The molecule has 0 radical (unpaired) electrons. The molecule has 146 valence electrons. The maximum Gasteiger partial charge on any atom is 0.228 e. The molecule has 0 aliphatic heterocycles. The van der Waals surface area contributed by atoms with Gasteiger partial charge in [0, 0.05) is 19.2 Å². The molecule has 28 heavy (non-hydrogen) atoms. The maximum absolute atomic E-state index is 12.5. The fraction of sp³-hybridized carbons (Fsp3) is 0.273. The lowest BCUT2D eigenvalue weighted by Gasteiger charge is -2.17. The molecule has 0 aliphatic rings. The molecular formula is C22H24N2O4. The second-order valence-corrected chi connectivity index (χ2v) is 6.44. The van der Waals surface area contributed by atoms with Crippen LogP contribution >= 0.6 is 0 Å². The topological polar surface area (TPSA) is 64.8 Å². The number of rotatable bonds is 8. The SMILES string of the molecule is COc1ccc(CCN(C)C(=O)Cc2coc(-c3ccccc3)n2)cc1OC. The zero-order chi connectivity index (χ0) is 19.9. The van der Waals surface area contributed by atoms with E-state index in [2.05, 4.69) is 4.98 Å². The predicted octanol–water partition coefficient (Wildman–Crippen LogP) is 3.60. The number of nitrogens with zero attached hydrogens (tertiary/aromatic N) is 2. The molecule has 0 saturated heterocycles. The van der Waals surface area contributed by atoms with Gasteiger partial charge >= 0.3 is 0 Å². The first-order valence-electron chi connectivity index (χ1n) is 9.05. The van der Waals surface area contributed by atoms with Gasteiger partial charge in [-0.3, -0.25) is 4.79 Å². The van der Waals surface area contributed by atoms with Gasteiger partial charge in [0.05, 0.1) is 26.3 Å². The lowest BCUT2D eigenvalue weighted by Crippen LogP contribution is -2.30. The highest BCUT2D eigenvalue weighted by atomic mass is 16.5. The molecular weight excluding hydrogens is 356 g/mol. The fourth-order valence-corrected chi connectivity index (χ4v) is 2.85. The van der Waals surface area contributed by atoms with Gasteiger partial charge in [-0.1, -0.05) is 24.3 Å². The first-order chi connectivity index (χ1) is 13.6. The highest BCUT2D eigenvalue weighted by Crippen LogP contribution is 2.27. The Bertz CT molecular complexity index is 921. The van der Waals surface area contributed by atoms with Crippen LogP contribution < -0.4 is 9.47 Å². The van der Waals surface area contributed by atoms with Crippen LogP contribution in [0.4, 0.5) is 0 Å².